The number of esters is 1. The number of rotatable bonds is 4. The number of likely N-dealkylation sites (tertiary alicyclic amines) is 1. The summed E-state index contributed by atoms with van der Waals surface area (Å²) in [6.07, 6.45) is 3.71. The highest BCUT2D eigenvalue weighted by Crippen LogP contribution is 2.34. The molecule has 2 atom stereocenters. The number of nitrogens with one attached hydrogen (secondary N) is 1. The molecule has 0 radical (unpaired) electrons. The summed E-state index contributed by atoms with van der Waals surface area (Å²) in [6.45, 7) is 11.8. The Morgan fingerprint density at radius 3 is 2.40 bits per heavy atom. The maximum atomic E-state index is 11.9. The molecule has 4 nitrogen and oxygen atoms in total. The van der Waals surface area contributed by atoms with Gasteiger partial charge in [0.25, 0.3) is 0 Å². The topological polar surface area (TPSA) is 41.6 Å². The van der Waals surface area contributed by atoms with Gasteiger partial charge in [0.05, 0.1) is 7.11 Å². The molecule has 1 heterocycles. The number of methoxy groups -OCH3 is 1. The molecule has 0 amide bonds. The average molecular weight is 284 g/mol. The molecule has 0 aromatic carbocycles. The van der Waals surface area contributed by atoms with E-state index in [1.54, 1.807) is 0 Å². The molecule has 1 saturated heterocycles. The highest BCUT2D eigenvalue weighted by molar-refractivity contribution is 5.80. The Kier molecular flexibility index (Phi) is 6.02. The summed E-state index contributed by atoms with van der Waals surface area (Å²) in [5.74, 6) is 0.586. The minimum Gasteiger partial charge on any atom is -0.468 e. The fourth-order valence-electron chi connectivity index (χ4n) is 3.10. The summed E-state index contributed by atoms with van der Waals surface area (Å²) >= 11 is 0. The first-order valence-corrected chi connectivity index (χ1v) is 7.72. The lowest BCUT2D eigenvalue weighted by atomic mass is 9.77. The van der Waals surface area contributed by atoms with E-state index in [2.05, 4.69) is 31.0 Å². The zero-order valence-electron chi connectivity index (χ0n) is 14.1. The second-order valence-electron chi connectivity index (χ2n) is 7.34. The first-order chi connectivity index (χ1) is 9.23. The Morgan fingerprint density at radius 2 is 1.90 bits per heavy atom. The van der Waals surface area contributed by atoms with Crippen LogP contribution in [0.1, 0.15) is 47.0 Å². The molecule has 0 aliphatic carbocycles. The molecule has 20 heavy (non-hydrogen) atoms. The molecular weight excluding hydrogens is 252 g/mol. The van der Waals surface area contributed by atoms with Crippen LogP contribution < -0.4 is 5.32 Å². The van der Waals surface area contributed by atoms with Gasteiger partial charge in [-0.3, -0.25) is 4.79 Å². The summed E-state index contributed by atoms with van der Waals surface area (Å²) in [6, 6.07) is 0. The highest BCUT2D eigenvalue weighted by Gasteiger charge is 2.36. The molecule has 118 valence electrons. The maximum absolute atomic E-state index is 11.9. The Bertz CT molecular complexity index is 325. The van der Waals surface area contributed by atoms with Crippen molar-refractivity contribution in [3.63, 3.8) is 0 Å². The van der Waals surface area contributed by atoms with Crippen molar-refractivity contribution < 1.29 is 9.53 Å². The van der Waals surface area contributed by atoms with Crippen molar-refractivity contribution in [3.05, 3.63) is 0 Å². The largest absolute Gasteiger partial charge is 0.468 e. The van der Waals surface area contributed by atoms with Crippen LogP contribution in [0.3, 0.4) is 0 Å². The molecule has 1 aliphatic rings. The number of carbonyl (C=O) groups is 1. The average Bonchev–Trinajstić information content (AvgIpc) is 2.62. The molecule has 4 heteroatoms. The summed E-state index contributed by atoms with van der Waals surface area (Å²) in [5.41, 5.74) is -0.235. The van der Waals surface area contributed by atoms with Gasteiger partial charge in [-0.15, -0.1) is 0 Å². The minimum absolute atomic E-state index is 0.184. The van der Waals surface area contributed by atoms with Gasteiger partial charge in [-0.1, -0.05) is 20.8 Å². The van der Waals surface area contributed by atoms with Gasteiger partial charge in [0.1, 0.15) is 5.54 Å². The third-order valence-corrected chi connectivity index (χ3v) is 4.77. The van der Waals surface area contributed by atoms with Crippen LogP contribution in [0, 0.1) is 11.3 Å². The number of nitrogens with zero attached hydrogens (tertiary/aromatic N) is 1. The van der Waals surface area contributed by atoms with E-state index in [0.29, 0.717) is 12.0 Å². The molecule has 0 saturated carbocycles. The SMILES string of the molecule is CNC(C)(CN1CCCC(C(C)(C)C)CC1)C(=O)OC. The Labute approximate surface area is 124 Å². The van der Waals surface area contributed by atoms with Gasteiger partial charge in [0, 0.05) is 6.54 Å². The van der Waals surface area contributed by atoms with Crippen molar-refractivity contribution in [2.24, 2.45) is 11.3 Å². The van der Waals surface area contributed by atoms with Gasteiger partial charge in [-0.05, 0) is 57.7 Å². The molecular formula is C16H32N2O2. The van der Waals surface area contributed by atoms with Gasteiger partial charge in [-0.2, -0.15) is 0 Å². The van der Waals surface area contributed by atoms with Crippen molar-refractivity contribution >= 4 is 5.97 Å². The zero-order valence-corrected chi connectivity index (χ0v) is 14.1. The van der Waals surface area contributed by atoms with E-state index >= 15 is 0 Å². The van der Waals surface area contributed by atoms with Gasteiger partial charge in [-0.25, -0.2) is 0 Å². The second-order valence-corrected chi connectivity index (χ2v) is 7.34. The van der Waals surface area contributed by atoms with Crippen LogP contribution in [0.2, 0.25) is 0 Å². The number of hydrogen-bond acceptors (Lipinski definition) is 4. The predicted molar refractivity (Wildman–Crippen MR) is 82.7 cm³/mol. The molecule has 0 spiro atoms. The Morgan fingerprint density at radius 1 is 1.25 bits per heavy atom. The standard InChI is InChI=1S/C16H32N2O2/c1-15(2,3)13-8-7-10-18(11-9-13)12-16(4,17-5)14(19)20-6/h13,17H,7-12H2,1-6H3. The van der Waals surface area contributed by atoms with Gasteiger partial charge < -0.3 is 15.0 Å². The van der Waals surface area contributed by atoms with Crippen LogP contribution >= 0.6 is 0 Å². The maximum Gasteiger partial charge on any atom is 0.327 e. The van der Waals surface area contributed by atoms with E-state index in [1.165, 1.54) is 26.4 Å². The molecule has 2 unspecified atom stereocenters. The summed E-state index contributed by atoms with van der Waals surface area (Å²) < 4.78 is 4.93. The van der Waals surface area contributed by atoms with Crippen LogP contribution in [0.4, 0.5) is 0 Å². The second kappa shape index (κ2) is 6.90. The Hall–Kier alpha value is -0.610. The van der Waals surface area contributed by atoms with Crippen LogP contribution in [-0.4, -0.2) is 50.2 Å². The van der Waals surface area contributed by atoms with Gasteiger partial charge in [0.2, 0.25) is 0 Å². The summed E-state index contributed by atoms with van der Waals surface area (Å²) in [5, 5.41) is 3.12. The first-order valence-electron chi connectivity index (χ1n) is 7.72. The molecule has 1 N–H and O–H groups in total. The van der Waals surface area contributed by atoms with E-state index in [0.717, 1.165) is 19.0 Å². The van der Waals surface area contributed by atoms with Crippen LogP contribution in [0.15, 0.2) is 0 Å². The van der Waals surface area contributed by atoms with Crippen molar-refractivity contribution in [2.75, 3.05) is 33.8 Å². The lowest BCUT2D eigenvalue weighted by molar-refractivity contribution is -0.148. The van der Waals surface area contributed by atoms with Gasteiger partial charge in [0.15, 0.2) is 0 Å². The lowest BCUT2D eigenvalue weighted by Crippen LogP contribution is -2.56. The number of ether oxygens (including phenoxy) is 1. The third-order valence-electron chi connectivity index (χ3n) is 4.77. The Balaban J connectivity index is 2.63. The van der Waals surface area contributed by atoms with E-state index in [-0.39, 0.29) is 5.97 Å². The monoisotopic (exact) mass is 284 g/mol. The zero-order chi connectivity index (χ0) is 15.4. The normalized spacial score (nSPS) is 24.8. The quantitative estimate of drug-likeness (QED) is 0.804. The number of hydrogen-bond donors (Lipinski definition) is 1. The molecule has 0 aromatic rings. The molecule has 1 fully saturated rings. The summed E-state index contributed by atoms with van der Waals surface area (Å²) in [7, 11) is 3.28. The highest BCUT2D eigenvalue weighted by atomic mass is 16.5. The number of likely N-dealkylation sites (N-methyl/N-ethyl adjacent to an activating group) is 1. The van der Waals surface area contributed by atoms with Crippen molar-refractivity contribution in [1.29, 1.82) is 0 Å². The summed E-state index contributed by atoms with van der Waals surface area (Å²) in [4.78, 5) is 14.3. The van der Waals surface area contributed by atoms with Crippen LogP contribution in [0.25, 0.3) is 0 Å². The van der Waals surface area contributed by atoms with E-state index in [9.17, 15) is 4.79 Å². The van der Waals surface area contributed by atoms with E-state index in [1.807, 2.05) is 14.0 Å². The fraction of sp³-hybridized carbons (Fsp3) is 0.938. The molecule has 0 bridgehead atoms. The predicted octanol–water partition coefficient (Wildman–Crippen LogP) is 2.29. The molecule has 1 rings (SSSR count). The molecule has 0 aromatic heterocycles. The van der Waals surface area contributed by atoms with Gasteiger partial charge >= 0.3 is 5.97 Å². The molecule has 1 aliphatic heterocycles. The smallest absolute Gasteiger partial charge is 0.327 e. The third kappa shape index (κ3) is 4.45. The van der Waals surface area contributed by atoms with Crippen molar-refractivity contribution in [2.45, 2.75) is 52.5 Å². The minimum atomic E-state index is -0.615. The lowest BCUT2D eigenvalue weighted by Gasteiger charge is -2.33. The van der Waals surface area contributed by atoms with E-state index < -0.39 is 5.54 Å². The van der Waals surface area contributed by atoms with E-state index in [4.69, 9.17) is 4.74 Å². The number of carbonyl (C=O) groups excluding carboxylic acids is 1. The fourth-order valence-corrected chi connectivity index (χ4v) is 3.10. The first kappa shape index (κ1) is 17.4. The van der Waals surface area contributed by atoms with Crippen LogP contribution in [0.5, 0.6) is 0 Å². The van der Waals surface area contributed by atoms with Crippen molar-refractivity contribution in [1.82, 2.24) is 10.2 Å². The van der Waals surface area contributed by atoms with Crippen LogP contribution in [-0.2, 0) is 9.53 Å². The van der Waals surface area contributed by atoms with Crippen molar-refractivity contribution in [3.8, 4) is 0 Å².